The van der Waals surface area contributed by atoms with Crippen LogP contribution in [0.3, 0.4) is 0 Å². The van der Waals surface area contributed by atoms with E-state index in [-0.39, 0.29) is 6.61 Å². The summed E-state index contributed by atoms with van der Waals surface area (Å²) in [7, 11) is 0. The van der Waals surface area contributed by atoms with Gasteiger partial charge in [0.15, 0.2) is 5.13 Å². The zero-order chi connectivity index (χ0) is 12.4. The van der Waals surface area contributed by atoms with Gasteiger partial charge in [-0.15, -0.1) is 0 Å². The second kappa shape index (κ2) is 5.36. The number of nitrogens with zero attached hydrogens (tertiary/aromatic N) is 2. The van der Waals surface area contributed by atoms with Crippen molar-refractivity contribution < 1.29 is 5.11 Å². The second-order valence-corrected chi connectivity index (χ2v) is 5.85. The molecule has 1 unspecified atom stereocenters. The van der Waals surface area contributed by atoms with E-state index in [1.54, 1.807) is 11.3 Å². The summed E-state index contributed by atoms with van der Waals surface area (Å²) in [5.74, 6) is 0.444. The first-order valence-electron chi connectivity index (χ1n) is 6.58. The fraction of sp³-hybridized carbons (Fsp3) is 0.769. The van der Waals surface area contributed by atoms with Crippen molar-refractivity contribution in [3.63, 3.8) is 0 Å². The van der Waals surface area contributed by atoms with Crippen LogP contribution in [0.5, 0.6) is 0 Å². The topological polar surface area (TPSA) is 36.4 Å². The van der Waals surface area contributed by atoms with Crippen LogP contribution in [0.25, 0.3) is 0 Å². The highest BCUT2D eigenvalue weighted by molar-refractivity contribution is 7.15. The molecule has 96 valence electrons. The van der Waals surface area contributed by atoms with E-state index in [1.807, 2.05) is 0 Å². The lowest BCUT2D eigenvalue weighted by Gasteiger charge is -2.18. The highest BCUT2D eigenvalue weighted by Gasteiger charge is 2.30. The fourth-order valence-corrected chi connectivity index (χ4v) is 3.28. The minimum Gasteiger partial charge on any atom is -0.391 e. The van der Waals surface area contributed by atoms with Crippen LogP contribution >= 0.6 is 11.3 Å². The van der Waals surface area contributed by atoms with Gasteiger partial charge in [-0.3, -0.25) is 0 Å². The molecule has 1 aromatic rings. The van der Waals surface area contributed by atoms with Gasteiger partial charge in [-0.05, 0) is 32.1 Å². The summed E-state index contributed by atoms with van der Waals surface area (Å²) in [5, 5.41) is 10.5. The monoisotopic (exact) mass is 254 g/mol. The maximum absolute atomic E-state index is 9.44. The van der Waals surface area contributed by atoms with Crippen molar-refractivity contribution in [1.82, 2.24) is 4.98 Å². The minimum atomic E-state index is 0.125. The first-order chi connectivity index (χ1) is 8.21. The molecule has 2 rings (SSSR count). The van der Waals surface area contributed by atoms with Crippen LogP contribution in [-0.2, 0) is 6.61 Å². The molecular weight excluding hydrogens is 232 g/mol. The molecule has 1 aliphatic rings. The molecule has 1 aliphatic carbocycles. The minimum absolute atomic E-state index is 0.125. The third kappa shape index (κ3) is 2.63. The van der Waals surface area contributed by atoms with Crippen molar-refractivity contribution in [3.8, 4) is 0 Å². The number of anilines is 1. The summed E-state index contributed by atoms with van der Waals surface area (Å²) in [6, 6.07) is 0.697. The molecule has 1 atom stereocenters. The molecule has 0 radical (unpaired) electrons. The van der Waals surface area contributed by atoms with E-state index in [2.05, 4.69) is 25.7 Å². The summed E-state index contributed by atoms with van der Waals surface area (Å²) < 4.78 is 0. The molecule has 1 saturated carbocycles. The summed E-state index contributed by atoms with van der Waals surface area (Å²) >= 11 is 1.67. The van der Waals surface area contributed by atoms with Gasteiger partial charge < -0.3 is 10.0 Å². The van der Waals surface area contributed by atoms with E-state index in [4.69, 9.17) is 4.98 Å². The van der Waals surface area contributed by atoms with Crippen LogP contribution in [-0.4, -0.2) is 22.7 Å². The van der Waals surface area contributed by atoms with Crippen LogP contribution in [0.4, 0.5) is 5.13 Å². The van der Waals surface area contributed by atoms with Gasteiger partial charge in [-0.25, -0.2) is 4.98 Å². The summed E-state index contributed by atoms with van der Waals surface area (Å²) in [6.07, 6.45) is 3.66. The Labute approximate surface area is 107 Å². The Balaban J connectivity index is 2.25. The summed E-state index contributed by atoms with van der Waals surface area (Å²) in [6.45, 7) is 7.68. The number of hydrogen-bond acceptors (Lipinski definition) is 4. The number of aromatic nitrogens is 1. The van der Waals surface area contributed by atoms with Crippen molar-refractivity contribution in [2.45, 2.75) is 58.6 Å². The van der Waals surface area contributed by atoms with Gasteiger partial charge in [0.25, 0.3) is 0 Å². The lowest BCUT2D eigenvalue weighted by atomic mass is 10.0. The largest absolute Gasteiger partial charge is 0.391 e. The maximum Gasteiger partial charge on any atom is 0.186 e. The van der Waals surface area contributed by atoms with Crippen molar-refractivity contribution in [3.05, 3.63) is 10.6 Å². The van der Waals surface area contributed by atoms with Gasteiger partial charge >= 0.3 is 0 Å². The molecule has 0 amide bonds. The summed E-state index contributed by atoms with van der Waals surface area (Å²) in [4.78, 5) is 8.20. The number of hydrogen-bond donors (Lipinski definition) is 1. The van der Waals surface area contributed by atoms with Gasteiger partial charge in [0.05, 0.1) is 17.2 Å². The predicted octanol–water partition coefficient (Wildman–Crippen LogP) is 3.14. The van der Waals surface area contributed by atoms with E-state index in [0.29, 0.717) is 12.0 Å². The number of aliphatic hydroxyl groups excluding tert-OH is 1. The van der Waals surface area contributed by atoms with E-state index in [9.17, 15) is 5.11 Å². The van der Waals surface area contributed by atoms with Crippen LogP contribution < -0.4 is 4.90 Å². The molecule has 0 aliphatic heterocycles. The number of aliphatic hydroxyl groups is 1. The van der Waals surface area contributed by atoms with E-state index in [1.165, 1.54) is 12.8 Å². The van der Waals surface area contributed by atoms with Crippen LogP contribution in [0, 0.1) is 0 Å². The lowest BCUT2D eigenvalue weighted by molar-refractivity contribution is 0.283. The van der Waals surface area contributed by atoms with Crippen molar-refractivity contribution in [1.29, 1.82) is 0 Å². The zero-order valence-corrected chi connectivity index (χ0v) is 11.8. The van der Waals surface area contributed by atoms with Gasteiger partial charge in [-0.1, -0.05) is 25.2 Å². The Bertz CT molecular complexity index is 373. The average molecular weight is 254 g/mol. The Morgan fingerprint density at radius 3 is 2.65 bits per heavy atom. The fourth-order valence-electron chi connectivity index (χ4n) is 2.10. The molecular formula is C13H22N2OS. The Morgan fingerprint density at radius 2 is 2.18 bits per heavy atom. The van der Waals surface area contributed by atoms with Gasteiger partial charge in [0.2, 0.25) is 0 Å². The van der Waals surface area contributed by atoms with E-state index in [0.717, 1.165) is 28.7 Å². The molecule has 0 bridgehead atoms. The normalized spacial score (nSPS) is 17.2. The maximum atomic E-state index is 9.44. The quantitative estimate of drug-likeness (QED) is 0.847. The smallest absolute Gasteiger partial charge is 0.186 e. The van der Waals surface area contributed by atoms with E-state index < -0.39 is 0 Å². The van der Waals surface area contributed by atoms with Crippen LogP contribution in [0.15, 0.2) is 0 Å². The highest BCUT2D eigenvalue weighted by Crippen LogP contribution is 2.37. The third-order valence-electron chi connectivity index (χ3n) is 3.51. The lowest BCUT2D eigenvalue weighted by Crippen LogP contribution is -2.24. The Hall–Kier alpha value is -0.610. The molecule has 17 heavy (non-hydrogen) atoms. The summed E-state index contributed by atoms with van der Waals surface area (Å²) in [5.41, 5.74) is 1.11. The third-order valence-corrected chi connectivity index (χ3v) is 4.61. The van der Waals surface area contributed by atoms with Gasteiger partial charge in [0, 0.05) is 12.6 Å². The van der Waals surface area contributed by atoms with Crippen molar-refractivity contribution in [2.24, 2.45) is 0 Å². The van der Waals surface area contributed by atoms with Crippen molar-refractivity contribution >= 4 is 16.5 Å². The molecule has 0 aromatic carbocycles. The van der Waals surface area contributed by atoms with Gasteiger partial charge in [0.1, 0.15) is 0 Å². The molecule has 4 heteroatoms. The number of rotatable bonds is 6. The molecule has 1 heterocycles. The highest BCUT2D eigenvalue weighted by atomic mass is 32.1. The first-order valence-corrected chi connectivity index (χ1v) is 7.39. The van der Waals surface area contributed by atoms with E-state index >= 15 is 0 Å². The second-order valence-electron chi connectivity index (χ2n) is 4.79. The molecule has 1 N–H and O–H groups in total. The molecule has 0 saturated heterocycles. The molecule has 1 fully saturated rings. The SMILES string of the molecule is CCC(C)c1nc(N(CC)C2CC2)sc1CO. The molecule has 0 spiro atoms. The van der Waals surface area contributed by atoms with Gasteiger partial charge in [-0.2, -0.15) is 0 Å². The van der Waals surface area contributed by atoms with Crippen molar-refractivity contribution in [2.75, 3.05) is 11.4 Å². The molecule has 1 aromatic heterocycles. The standard InChI is InChI=1S/C13H22N2OS/c1-4-9(3)12-11(8-16)17-13(14-12)15(5-2)10-6-7-10/h9-10,16H,4-8H2,1-3H3. The molecule has 3 nitrogen and oxygen atoms in total. The number of thiazole rings is 1. The van der Waals surface area contributed by atoms with Crippen LogP contribution in [0.2, 0.25) is 0 Å². The predicted molar refractivity (Wildman–Crippen MR) is 72.8 cm³/mol. The average Bonchev–Trinajstić information content (AvgIpc) is 3.08. The zero-order valence-electron chi connectivity index (χ0n) is 10.9. The van der Waals surface area contributed by atoms with Crippen LogP contribution in [0.1, 0.15) is 56.5 Å². The first kappa shape index (κ1) is 12.8. The Kier molecular flexibility index (Phi) is 4.05. The Morgan fingerprint density at radius 1 is 1.47 bits per heavy atom.